The Bertz CT molecular complexity index is 1220. The SMILES string of the molecule is CCOc1c(/C=C/C(=O)c2ccc(OC(=O)C(C)(C)C)cc2)cc(C(C)C)c(OC(=O)C(C)(C)C)c1C(C)C. The highest BCUT2D eigenvalue weighted by molar-refractivity contribution is 6.07. The van der Waals surface area contributed by atoms with Crippen LogP contribution in [0.3, 0.4) is 0 Å². The van der Waals surface area contributed by atoms with Gasteiger partial charge in [0.15, 0.2) is 5.78 Å². The molecule has 0 spiro atoms. The fourth-order valence-corrected chi connectivity index (χ4v) is 3.66. The predicted molar refractivity (Wildman–Crippen MR) is 156 cm³/mol. The van der Waals surface area contributed by atoms with E-state index in [4.69, 9.17) is 14.2 Å². The average Bonchev–Trinajstić information content (AvgIpc) is 2.82. The van der Waals surface area contributed by atoms with Crippen LogP contribution in [0.5, 0.6) is 17.2 Å². The van der Waals surface area contributed by atoms with E-state index in [1.165, 1.54) is 6.08 Å². The van der Waals surface area contributed by atoms with Gasteiger partial charge < -0.3 is 14.2 Å². The summed E-state index contributed by atoms with van der Waals surface area (Å²) in [6, 6.07) is 8.43. The molecule has 0 bridgehead atoms. The molecule has 6 heteroatoms. The summed E-state index contributed by atoms with van der Waals surface area (Å²) in [4.78, 5) is 38.1. The number of esters is 2. The van der Waals surface area contributed by atoms with Crippen molar-refractivity contribution in [3.63, 3.8) is 0 Å². The first-order chi connectivity index (χ1) is 18.0. The number of allylic oxidation sites excluding steroid dienone is 1. The van der Waals surface area contributed by atoms with E-state index < -0.39 is 10.8 Å². The van der Waals surface area contributed by atoms with Gasteiger partial charge in [0.2, 0.25) is 0 Å². The van der Waals surface area contributed by atoms with Crippen molar-refractivity contribution in [1.29, 1.82) is 0 Å². The Labute approximate surface area is 233 Å². The van der Waals surface area contributed by atoms with E-state index in [-0.39, 0.29) is 29.6 Å². The Balaban J connectivity index is 2.51. The number of hydrogen-bond acceptors (Lipinski definition) is 6. The van der Waals surface area contributed by atoms with Gasteiger partial charge >= 0.3 is 11.9 Å². The van der Waals surface area contributed by atoms with E-state index in [0.717, 1.165) is 16.7 Å². The lowest BCUT2D eigenvalue weighted by atomic mass is 9.89. The van der Waals surface area contributed by atoms with Crippen molar-refractivity contribution < 1.29 is 28.6 Å². The van der Waals surface area contributed by atoms with Crippen LogP contribution in [-0.2, 0) is 9.59 Å². The number of carbonyl (C=O) groups excluding carboxylic acids is 3. The van der Waals surface area contributed by atoms with Crippen LogP contribution in [0.15, 0.2) is 36.4 Å². The van der Waals surface area contributed by atoms with Gasteiger partial charge in [-0.2, -0.15) is 0 Å². The third-order valence-electron chi connectivity index (χ3n) is 6.00. The van der Waals surface area contributed by atoms with Crippen LogP contribution >= 0.6 is 0 Å². The zero-order valence-corrected chi connectivity index (χ0v) is 25.4. The summed E-state index contributed by atoms with van der Waals surface area (Å²) in [6.07, 6.45) is 3.25. The monoisotopic (exact) mass is 536 g/mol. The first-order valence-electron chi connectivity index (χ1n) is 13.6. The van der Waals surface area contributed by atoms with Crippen molar-refractivity contribution in [2.45, 2.75) is 88.0 Å². The Morgan fingerprint density at radius 2 is 1.33 bits per heavy atom. The predicted octanol–water partition coefficient (Wildman–Crippen LogP) is 8.13. The molecule has 0 aliphatic heterocycles. The molecule has 6 nitrogen and oxygen atoms in total. The minimum Gasteiger partial charge on any atom is -0.493 e. The normalized spacial score (nSPS) is 12.2. The Hall–Kier alpha value is -3.41. The first-order valence-corrected chi connectivity index (χ1v) is 13.6. The van der Waals surface area contributed by atoms with Crippen molar-refractivity contribution in [2.75, 3.05) is 6.61 Å². The number of rotatable bonds is 9. The molecular formula is C33H44O6. The molecule has 2 aromatic rings. The smallest absolute Gasteiger partial charge is 0.316 e. The van der Waals surface area contributed by atoms with Gasteiger partial charge in [0.25, 0.3) is 0 Å². The van der Waals surface area contributed by atoms with Crippen LogP contribution in [0, 0.1) is 10.8 Å². The summed E-state index contributed by atoms with van der Waals surface area (Å²) in [5, 5.41) is 0. The topological polar surface area (TPSA) is 78.9 Å². The molecule has 0 saturated carbocycles. The second kappa shape index (κ2) is 12.6. The lowest BCUT2D eigenvalue weighted by Gasteiger charge is -2.26. The summed E-state index contributed by atoms with van der Waals surface area (Å²) < 4.78 is 17.5. The summed E-state index contributed by atoms with van der Waals surface area (Å²) >= 11 is 0. The van der Waals surface area contributed by atoms with Gasteiger partial charge in [-0.1, -0.05) is 27.7 Å². The Morgan fingerprint density at radius 3 is 1.79 bits per heavy atom. The number of hydrogen-bond donors (Lipinski definition) is 0. The molecule has 0 amide bonds. The van der Waals surface area contributed by atoms with Crippen LogP contribution in [-0.4, -0.2) is 24.3 Å². The lowest BCUT2D eigenvalue weighted by Crippen LogP contribution is -2.27. The molecule has 0 heterocycles. The molecule has 0 aliphatic carbocycles. The van der Waals surface area contributed by atoms with Crippen molar-refractivity contribution in [1.82, 2.24) is 0 Å². The summed E-state index contributed by atoms with van der Waals surface area (Å²) in [7, 11) is 0. The maximum Gasteiger partial charge on any atom is 0.316 e. The molecule has 0 saturated heterocycles. The Morgan fingerprint density at radius 1 is 0.795 bits per heavy atom. The molecule has 0 N–H and O–H groups in total. The van der Waals surface area contributed by atoms with Crippen LogP contribution in [0.2, 0.25) is 0 Å². The molecular weight excluding hydrogens is 492 g/mol. The van der Waals surface area contributed by atoms with Gasteiger partial charge in [-0.3, -0.25) is 14.4 Å². The van der Waals surface area contributed by atoms with E-state index in [9.17, 15) is 14.4 Å². The summed E-state index contributed by atoms with van der Waals surface area (Å²) in [6.45, 7) is 21.3. The van der Waals surface area contributed by atoms with E-state index in [1.54, 1.807) is 51.1 Å². The highest BCUT2D eigenvalue weighted by Crippen LogP contribution is 2.44. The third kappa shape index (κ3) is 8.29. The number of ether oxygens (including phenoxy) is 3. The average molecular weight is 537 g/mol. The van der Waals surface area contributed by atoms with Gasteiger partial charge in [-0.25, -0.2) is 0 Å². The van der Waals surface area contributed by atoms with Gasteiger partial charge in [0, 0.05) is 16.7 Å². The van der Waals surface area contributed by atoms with Crippen LogP contribution in [0.25, 0.3) is 6.08 Å². The minimum absolute atomic E-state index is 0.000719. The molecule has 0 fully saturated rings. The van der Waals surface area contributed by atoms with Crippen molar-refractivity contribution >= 4 is 23.8 Å². The molecule has 2 aromatic carbocycles. The van der Waals surface area contributed by atoms with Gasteiger partial charge in [-0.05, 0) is 108 Å². The highest BCUT2D eigenvalue weighted by Gasteiger charge is 2.30. The number of ketones is 1. The molecule has 2 rings (SSSR count). The molecule has 39 heavy (non-hydrogen) atoms. The van der Waals surface area contributed by atoms with Gasteiger partial charge in [0.05, 0.1) is 17.4 Å². The fraction of sp³-hybridized carbons (Fsp3) is 0.485. The first kappa shape index (κ1) is 31.8. The number of carbonyl (C=O) groups is 3. The Kier molecular flexibility index (Phi) is 10.3. The van der Waals surface area contributed by atoms with Crippen LogP contribution in [0.1, 0.15) is 115 Å². The second-order valence-electron chi connectivity index (χ2n) is 12.4. The standard InChI is InChI=1S/C33H44O6/c1-12-37-28-23(15-18-26(34)22-13-16-24(17-14-22)38-30(35)32(6,7)8)19-25(20(2)3)29(27(28)21(4)5)39-31(36)33(9,10)11/h13-21H,12H2,1-11H3/b18-15+. The van der Waals surface area contributed by atoms with E-state index in [0.29, 0.717) is 29.4 Å². The molecule has 0 aromatic heterocycles. The van der Waals surface area contributed by atoms with Gasteiger partial charge in [0.1, 0.15) is 17.2 Å². The quantitative estimate of drug-likeness (QED) is 0.139. The van der Waals surface area contributed by atoms with Crippen LogP contribution < -0.4 is 14.2 Å². The summed E-state index contributed by atoms with van der Waals surface area (Å²) in [5.74, 6) is 0.720. The largest absolute Gasteiger partial charge is 0.493 e. The maximum absolute atomic E-state index is 13.0. The fourth-order valence-electron chi connectivity index (χ4n) is 3.66. The molecule has 212 valence electrons. The summed E-state index contributed by atoms with van der Waals surface area (Å²) in [5.41, 5.74) is 1.59. The van der Waals surface area contributed by atoms with Crippen molar-refractivity contribution in [2.24, 2.45) is 10.8 Å². The molecule has 0 aliphatic rings. The molecule has 0 radical (unpaired) electrons. The minimum atomic E-state index is -0.667. The van der Waals surface area contributed by atoms with E-state index >= 15 is 0 Å². The zero-order chi connectivity index (χ0) is 29.7. The number of benzene rings is 2. The maximum atomic E-state index is 13.0. The van der Waals surface area contributed by atoms with E-state index in [2.05, 4.69) is 0 Å². The zero-order valence-electron chi connectivity index (χ0n) is 25.4. The van der Waals surface area contributed by atoms with Crippen LogP contribution in [0.4, 0.5) is 0 Å². The lowest BCUT2D eigenvalue weighted by molar-refractivity contribution is -0.143. The third-order valence-corrected chi connectivity index (χ3v) is 6.00. The molecule has 0 unspecified atom stereocenters. The van der Waals surface area contributed by atoms with Gasteiger partial charge in [-0.15, -0.1) is 0 Å². The van der Waals surface area contributed by atoms with E-state index in [1.807, 2.05) is 61.5 Å². The second-order valence-corrected chi connectivity index (χ2v) is 12.4. The highest BCUT2D eigenvalue weighted by atomic mass is 16.5. The van der Waals surface area contributed by atoms with Crippen molar-refractivity contribution in [3.05, 3.63) is 58.7 Å². The van der Waals surface area contributed by atoms with Crippen molar-refractivity contribution in [3.8, 4) is 17.2 Å². The molecule has 0 atom stereocenters.